The summed E-state index contributed by atoms with van der Waals surface area (Å²) in [6.07, 6.45) is 0.837. The molecule has 0 aliphatic heterocycles. The lowest BCUT2D eigenvalue weighted by Gasteiger charge is -2.26. The number of hydrogen-bond donors (Lipinski definition) is 1. The molecule has 2 aromatic rings. The van der Waals surface area contributed by atoms with Gasteiger partial charge in [-0.05, 0) is 30.2 Å². The minimum Gasteiger partial charge on any atom is -0.302 e. The molecule has 0 fully saturated rings. The Morgan fingerprint density at radius 3 is 1.67 bits per heavy atom. The standard InChI is InChI=1S/C17H20NO2P/c1-14(2)17(13-19)18-21(20,15-9-5-3-6-10-15)16-11-7-4-8-12-16/h3-14,17H,1-2H3,(H,18,20). The number of carbonyl (C=O) groups excluding carboxylic acids is 1. The van der Waals surface area contributed by atoms with Crippen molar-refractivity contribution < 1.29 is 9.36 Å². The summed E-state index contributed by atoms with van der Waals surface area (Å²) >= 11 is 0. The first-order valence-corrected chi connectivity index (χ1v) is 8.73. The Bertz CT molecular complexity index is 582. The molecule has 2 aromatic carbocycles. The van der Waals surface area contributed by atoms with Crippen LogP contribution >= 0.6 is 7.29 Å². The number of rotatable bonds is 6. The van der Waals surface area contributed by atoms with Crippen LogP contribution in [0.5, 0.6) is 0 Å². The molecule has 4 heteroatoms. The van der Waals surface area contributed by atoms with Gasteiger partial charge in [0.25, 0.3) is 0 Å². The van der Waals surface area contributed by atoms with Gasteiger partial charge in [-0.3, -0.25) is 4.57 Å². The highest BCUT2D eigenvalue weighted by Crippen LogP contribution is 2.39. The molecule has 1 unspecified atom stereocenters. The van der Waals surface area contributed by atoms with Crippen molar-refractivity contribution in [2.24, 2.45) is 5.92 Å². The van der Waals surface area contributed by atoms with Gasteiger partial charge in [0, 0.05) is 10.6 Å². The fourth-order valence-corrected chi connectivity index (χ4v) is 4.68. The van der Waals surface area contributed by atoms with Crippen molar-refractivity contribution in [2.75, 3.05) is 0 Å². The minimum atomic E-state index is -3.03. The Balaban J connectivity index is 2.50. The molecule has 0 saturated heterocycles. The molecule has 1 N–H and O–H groups in total. The monoisotopic (exact) mass is 301 g/mol. The zero-order valence-corrected chi connectivity index (χ0v) is 13.2. The fourth-order valence-electron chi connectivity index (χ4n) is 2.12. The van der Waals surface area contributed by atoms with Crippen LogP contribution in [0.15, 0.2) is 60.7 Å². The van der Waals surface area contributed by atoms with Gasteiger partial charge in [-0.1, -0.05) is 50.2 Å². The Kier molecular flexibility index (Phi) is 5.11. The Morgan fingerprint density at radius 2 is 1.33 bits per heavy atom. The predicted molar refractivity (Wildman–Crippen MR) is 87.6 cm³/mol. The Labute approximate surface area is 125 Å². The molecule has 0 heterocycles. The van der Waals surface area contributed by atoms with Gasteiger partial charge in [0.1, 0.15) is 6.29 Å². The lowest BCUT2D eigenvalue weighted by molar-refractivity contribution is -0.110. The summed E-state index contributed by atoms with van der Waals surface area (Å²) < 4.78 is 13.6. The number of benzene rings is 2. The van der Waals surface area contributed by atoms with Gasteiger partial charge in [-0.25, -0.2) is 5.09 Å². The molecule has 21 heavy (non-hydrogen) atoms. The van der Waals surface area contributed by atoms with Crippen LogP contribution in [0.1, 0.15) is 13.8 Å². The van der Waals surface area contributed by atoms with Crippen LogP contribution < -0.4 is 15.7 Å². The first-order valence-electron chi connectivity index (χ1n) is 7.02. The van der Waals surface area contributed by atoms with Gasteiger partial charge in [0.15, 0.2) is 0 Å². The molecule has 110 valence electrons. The summed E-state index contributed by atoms with van der Waals surface area (Å²) in [5.74, 6) is 0.0725. The summed E-state index contributed by atoms with van der Waals surface area (Å²) in [6.45, 7) is 3.87. The molecule has 0 bridgehead atoms. The first-order chi connectivity index (χ1) is 10.1. The van der Waals surface area contributed by atoms with E-state index in [2.05, 4.69) is 5.09 Å². The van der Waals surface area contributed by atoms with E-state index < -0.39 is 13.3 Å². The van der Waals surface area contributed by atoms with Gasteiger partial charge in [0.2, 0.25) is 7.29 Å². The van der Waals surface area contributed by atoms with Gasteiger partial charge in [-0.2, -0.15) is 0 Å². The lowest BCUT2D eigenvalue weighted by Crippen LogP contribution is -2.39. The molecule has 0 spiro atoms. The van der Waals surface area contributed by atoms with Crippen molar-refractivity contribution in [3.8, 4) is 0 Å². The number of hydrogen-bond acceptors (Lipinski definition) is 2. The zero-order chi connectivity index (χ0) is 15.3. The van der Waals surface area contributed by atoms with Crippen molar-refractivity contribution in [3.63, 3.8) is 0 Å². The van der Waals surface area contributed by atoms with Crippen molar-refractivity contribution in [1.82, 2.24) is 5.09 Å². The number of nitrogens with one attached hydrogen (secondary N) is 1. The average molecular weight is 301 g/mol. The van der Waals surface area contributed by atoms with Crippen molar-refractivity contribution in [3.05, 3.63) is 60.7 Å². The van der Waals surface area contributed by atoms with E-state index in [-0.39, 0.29) is 5.92 Å². The highest BCUT2D eigenvalue weighted by molar-refractivity contribution is 7.77. The Morgan fingerprint density at radius 1 is 0.905 bits per heavy atom. The van der Waals surface area contributed by atoms with Crippen molar-refractivity contribution in [2.45, 2.75) is 19.9 Å². The summed E-state index contributed by atoms with van der Waals surface area (Å²) in [6, 6.07) is 18.1. The second-order valence-corrected chi connectivity index (χ2v) is 7.82. The average Bonchev–Trinajstić information content (AvgIpc) is 2.53. The van der Waals surface area contributed by atoms with E-state index in [0.717, 1.165) is 6.29 Å². The van der Waals surface area contributed by atoms with Crippen LogP contribution in [0, 0.1) is 5.92 Å². The minimum absolute atomic E-state index is 0.0725. The van der Waals surface area contributed by atoms with Gasteiger partial charge in [0.05, 0.1) is 6.04 Å². The van der Waals surface area contributed by atoms with E-state index in [0.29, 0.717) is 10.6 Å². The van der Waals surface area contributed by atoms with Crippen LogP contribution in [-0.4, -0.2) is 12.3 Å². The van der Waals surface area contributed by atoms with Gasteiger partial charge in [-0.15, -0.1) is 0 Å². The Hall–Kier alpha value is -1.70. The molecule has 0 saturated carbocycles. The molecule has 0 aromatic heterocycles. The van der Waals surface area contributed by atoms with Crippen LogP contribution in [0.4, 0.5) is 0 Å². The lowest BCUT2D eigenvalue weighted by atomic mass is 10.1. The third kappa shape index (κ3) is 3.49. The van der Waals surface area contributed by atoms with Crippen LogP contribution in [0.3, 0.4) is 0 Å². The first kappa shape index (κ1) is 15.7. The third-order valence-electron chi connectivity index (χ3n) is 3.44. The second-order valence-electron chi connectivity index (χ2n) is 5.32. The summed E-state index contributed by atoms with van der Waals surface area (Å²) in [5.41, 5.74) is 0. The van der Waals surface area contributed by atoms with E-state index in [9.17, 15) is 9.36 Å². The molecule has 3 nitrogen and oxygen atoms in total. The summed E-state index contributed by atoms with van der Waals surface area (Å²) in [4.78, 5) is 11.3. The summed E-state index contributed by atoms with van der Waals surface area (Å²) in [7, 11) is -3.03. The van der Waals surface area contributed by atoms with E-state index in [4.69, 9.17) is 0 Å². The maximum atomic E-state index is 13.6. The van der Waals surface area contributed by atoms with E-state index in [1.165, 1.54) is 0 Å². The predicted octanol–water partition coefficient (Wildman–Crippen LogP) is 2.73. The van der Waals surface area contributed by atoms with Crippen molar-refractivity contribution in [1.29, 1.82) is 0 Å². The van der Waals surface area contributed by atoms with Crippen LogP contribution in [0.2, 0.25) is 0 Å². The largest absolute Gasteiger partial charge is 0.302 e. The van der Waals surface area contributed by atoms with E-state index >= 15 is 0 Å². The van der Waals surface area contributed by atoms with Crippen LogP contribution in [0.25, 0.3) is 0 Å². The highest BCUT2D eigenvalue weighted by Gasteiger charge is 2.30. The topological polar surface area (TPSA) is 46.2 Å². The smallest absolute Gasteiger partial charge is 0.205 e. The zero-order valence-electron chi connectivity index (χ0n) is 12.3. The molecule has 0 aliphatic carbocycles. The quantitative estimate of drug-likeness (QED) is 0.659. The third-order valence-corrected chi connectivity index (χ3v) is 6.15. The molecule has 2 rings (SSSR count). The van der Waals surface area contributed by atoms with E-state index in [1.54, 1.807) is 0 Å². The van der Waals surface area contributed by atoms with Crippen molar-refractivity contribution >= 4 is 24.2 Å². The normalized spacial score (nSPS) is 13.1. The molecule has 1 atom stereocenters. The molecular weight excluding hydrogens is 281 g/mol. The SMILES string of the molecule is CC(C)C(C=O)NP(=O)(c1ccccc1)c1ccccc1. The van der Waals surface area contributed by atoms with Gasteiger partial charge < -0.3 is 4.79 Å². The van der Waals surface area contributed by atoms with E-state index in [1.807, 2.05) is 74.5 Å². The summed E-state index contributed by atoms with van der Waals surface area (Å²) in [5, 5.41) is 4.52. The maximum Gasteiger partial charge on any atom is 0.205 e. The molecule has 0 aliphatic rings. The van der Waals surface area contributed by atoms with Gasteiger partial charge >= 0.3 is 0 Å². The second kappa shape index (κ2) is 6.84. The number of carbonyl (C=O) groups is 1. The fraction of sp³-hybridized carbons (Fsp3) is 0.235. The highest BCUT2D eigenvalue weighted by atomic mass is 31.2. The van der Waals surface area contributed by atoms with Crippen LogP contribution in [-0.2, 0) is 9.36 Å². The maximum absolute atomic E-state index is 13.6. The molecule has 0 amide bonds. The molecular formula is C17H20NO2P. The number of aldehydes is 1. The molecule has 0 radical (unpaired) electrons.